The number of rotatable bonds is 3. The standard InChI is InChI=1S/C14H12ClFN2O2/c1-7-5-11(20-2)9(6-10(7)16)13(19)8-3-4-12(15)18-14(8)17/h3-6H,1-2H3,(H2,17,18). The van der Waals surface area contributed by atoms with Crippen LogP contribution in [0.15, 0.2) is 24.3 Å². The predicted octanol–water partition coefficient (Wildman–Crippen LogP) is 3.00. The Hall–Kier alpha value is -2.14. The monoisotopic (exact) mass is 294 g/mol. The Balaban J connectivity index is 2.55. The average Bonchev–Trinajstić information content (AvgIpc) is 2.40. The normalized spacial score (nSPS) is 10.4. The molecule has 0 bridgehead atoms. The molecular weight excluding hydrogens is 283 g/mol. The number of aromatic nitrogens is 1. The first-order valence-corrected chi connectivity index (χ1v) is 6.12. The lowest BCUT2D eigenvalue weighted by Gasteiger charge is -2.10. The predicted molar refractivity (Wildman–Crippen MR) is 74.8 cm³/mol. The van der Waals surface area contributed by atoms with Crippen molar-refractivity contribution in [3.63, 3.8) is 0 Å². The summed E-state index contributed by atoms with van der Waals surface area (Å²) >= 11 is 5.69. The van der Waals surface area contributed by atoms with Gasteiger partial charge in [0, 0.05) is 0 Å². The minimum atomic E-state index is -0.491. The molecule has 6 heteroatoms. The molecule has 1 aromatic carbocycles. The van der Waals surface area contributed by atoms with E-state index in [1.54, 1.807) is 6.92 Å². The summed E-state index contributed by atoms with van der Waals surface area (Å²) < 4.78 is 18.8. The number of carbonyl (C=O) groups is 1. The Morgan fingerprint density at radius 2 is 2.05 bits per heavy atom. The van der Waals surface area contributed by atoms with Crippen LogP contribution in [-0.4, -0.2) is 17.9 Å². The molecule has 2 aromatic rings. The topological polar surface area (TPSA) is 65.2 Å². The Labute approximate surface area is 120 Å². The number of benzene rings is 1. The van der Waals surface area contributed by atoms with Crippen molar-refractivity contribution >= 4 is 23.2 Å². The molecule has 0 aliphatic heterocycles. The molecule has 0 spiro atoms. The molecule has 2 N–H and O–H groups in total. The highest BCUT2D eigenvalue weighted by atomic mass is 35.5. The fourth-order valence-corrected chi connectivity index (χ4v) is 1.94. The van der Waals surface area contributed by atoms with Gasteiger partial charge in [-0.25, -0.2) is 9.37 Å². The van der Waals surface area contributed by atoms with E-state index in [0.29, 0.717) is 5.56 Å². The van der Waals surface area contributed by atoms with Crippen molar-refractivity contribution in [2.24, 2.45) is 0 Å². The summed E-state index contributed by atoms with van der Waals surface area (Å²) in [6.45, 7) is 1.59. The van der Waals surface area contributed by atoms with Crippen LogP contribution in [0.3, 0.4) is 0 Å². The summed E-state index contributed by atoms with van der Waals surface area (Å²) in [7, 11) is 1.41. The maximum atomic E-state index is 13.7. The summed E-state index contributed by atoms with van der Waals surface area (Å²) in [6, 6.07) is 5.49. The molecule has 20 heavy (non-hydrogen) atoms. The Morgan fingerprint density at radius 3 is 2.65 bits per heavy atom. The molecule has 0 amide bonds. The van der Waals surface area contributed by atoms with Gasteiger partial charge in [0.05, 0.1) is 18.2 Å². The van der Waals surface area contributed by atoms with Crippen molar-refractivity contribution in [1.82, 2.24) is 4.98 Å². The minimum Gasteiger partial charge on any atom is -0.496 e. The van der Waals surface area contributed by atoms with Crippen LogP contribution in [0.5, 0.6) is 5.75 Å². The summed E-state index contributed by atoms with van der Waals surface area (Å²) in [5.74, 6) is -0.689. The van der Waals surface area contributed by atoms with Crippen LogP contribution in [0.4, 0.5) is 10.2 Å². The van der Waals surface area contributed by atoms with Crippen molar-refractivity contribution < 1.29 is 13.9 Å². The molecule has 0 aliphatic rings. The van der Waals surface area contributed by atoms with Gasteiger partial charge in [0.1, 0.15) is 22.5 Å². The van der Waals surface area contributed by atoms with Crippen molar-refractivity contribution in [1.29, 1.82) is 0 Å². The Morgan fingerprint density at radius 1 is 1.35 bits per heavy atom. The lowest BCUT2D eigenvalue weighted by Crippen LogP contribution is -2.09. The van der Waals surface area contributed by atoms with E-state index in [-0.39, 0.29) is 27.8 Å². The van der Waals surface area contributed by atoms with E-state index >= 15 is 0 Å². The van der Waals surface area contributed by atoms with Crippen LogP contribution in [0.2, 0.25) is 5.15 Å². The van der Waals surface area contributed by atoms with Crippen LogP contribution < -0.4 is 10.5 Å². The van der Waals surface area contributed by atoms with Crippen LogP contribution in [0, 0.1) is 12.7 Å². The first kappa shape index (κ1) is 14.3. The number of anilines is 1. The molecule has 4 nitrogen and oxygen atoms in total. The first-order chi connectivity index (χ1) is 9.43. The second-order valence-corrected chi connectivity index (χ2v) is 4.58. The number of hydrogen-bond donors (Lipinski definition) is 1. The van der Waals surface area contributed by atoms with Gasteiger partial charge < -0.3 is 10.5 Å². The van der Waals surface area contributed by atoms with E-state index in [1.807, 2.05) is 0 Å². The zero-order valence-electron chi connectivity index (χ0n) is 10.9. The SMILES string of the molecule is COc1cc(C)c(F)cc1C(=O)c1ccc(Cl)nc1N. The van der Waals surface area contributed by atoms with Gasteiger partial charge in [-0.1, -0.05) is 11.6 Å². The van der Waals surface area contributed by atoms with Gasteiger partial charge in [0.2, 0.25) is 5.78 Å². The second kappa shape index (κ2) is 5.46. The van der Waals surface area contributed by atoms with Crippen molar-refractivity contribution in [2.45, 2.75) is 6.92 Å². The van der Waals surface area contributed by atoms with Crippen LogP contribution >= 0.6 is 11.6 Å². The van der Waals surface area contributed by atoms with Gasteiger partial charge in [0.15, 0.2) is 0 Å². The van der Waals surface area contributed by atoms with Crippen molar-refractivity contribution in [3.05, 3.63) is 51.9 Å². The third-order valence-corrected chi connectivity index (χ3v) is 3.07. The van der Waals surface area contributed by atoms with Crippen LogP contribution in [0.25, 0.3) is 0 Å². The lowest BCUT2D eigenvalue weighted by atomic mass is 10.0. The number of halogens is 2. The summed E-state index contributed by atoms with van der Waals surface area (Å²) in [5.41, 5.74) is 6.30. The number of ether oxygens (including phenoxy) is 1. The molecule has 2 rings (SSSR count). The van der Waals surface area contributed by atoms with Crippen LogP contribution in [-0.2, 0) is 0 Å². The number of nitrogens with zero attached hydrogens (tertiary/aromatic N) is 1. The molecular formula is C14H12ClFN2O2. The highest BCUT2D eigenvalue weighted by Crippen LogP contribution is 2.27. The Kier molecular flexibility index (Phi) is 3.90. The average molecular weight is 295 g/mol. The molecule has 0 atom stereocenters. The molecule has 1 aromatic heterocycles. The second-order valence-electron chi connectivity index (χ2n) is 4.20. The summed E-state index contributed by atoms with van der Waals surface area (Å²) in [5, 5.41) is 0.182. The summed E-state index contributed by atoms with van der Waals surface area (Å²) in [6.07, 6.45) is 0. The minimum absolute atomic E-state index is 0.00876. The van der Waals surface area contributed by atoms with E-state index in [1.165, 1.54) is 25.3 Å². The number of ketones is 1. The smallest absolute Gasteiger partial charge is 0.200 e. The van der Waals surface area contributed by atoms with Gasteiger partial charge >= 0.3 is 0 Å². The first-order valence-electron chi connectivity index (χ1n) is 5.75. The highest BCUT2D eigenvalue weighted by Gasteiger charge is 2.19. The number of nitrogens with two attached hydrogens (primary N) is 1. The molecule has 0 saturated heterocycles. The largest absolute Gasteiger partial charge is 0.496 e. The zero-order chi connectivity index (χ0) is 14.9. The number of nitrogen functional groups attached to an aromatic ring is 1. The number of aryl methyl sites for hydroxylation is 1. The maximum absolute atomic E-state index is 13.7. The molecule has 1 heterocycles. The number of methoxy groups -OCH3 is 1. The van der Waals surface area contributed by atoms with Crippen LogP contribution in [0.1, 0.15) is 21.5 Å². The summed E-state index contributed by atoms with van der Waals surface area (Å²) in [4.78, 5) is 16.2. The highest BCUT2D eigenvalue weighted by molar-refractivity contribution is 6.29. The van der Waals surface area contributed by atoms with E-state index < -0.39 is 11.6 Å². The molecule has 0 unspecified atom stereocenters. The molecule has 0 aliphatic carbocycles. The van der Waals surface area contributed by atoms with Gasteiger partial charge in [-0.05, 0) is 36.8 Å². The zero-order valence-corrected chi connectivity index (χ0v) is 11.7. The Bertz CT molecular complexity index is 689. The van der Waals surface area contributed by atoms with Crippen molar-refractivity contribution in [2.75, 3.05) is 12.8 Å². The van der Waals surface area contributed by atoms with E-state index in [0.717, 1.165) is 6.07 Å². The number of pyridine rings is 1. The number of hydrogen-bond acceptors (Lipinski definition) is 4. The fourth-order valence-electron chi connectivity index (χ4n) is 1.79. The molecule has 0 radical (unpaired) electrons. The third-order valence-electron chi connectivity index (χ3n) is 2.86. The maximum Gasteiger partial charge on any atom is 0.200 e. The van der Waals surface area contributed by atoms with Gasteiger partial charge in [0.25, 0.3) is 0 Å². The van der Waals surface area contributed by atoms with E-state index in [4.69, 9.17) is 22.1 Å². The van der Waals surface area contributed by atoms with E-state index in [2.05, 4.69) is 4.98 Å². The van der Waals surface area contributed by atoms with Gasteiger partial charge in [-0.3, -0.25) is 4.79 Å². The molecule has 0 fully saturated rings. The fraction of sp³-hybridized carbons (Fsp3) is 0.143. The van der Waals surface area contributed by atoms with E-state index in [9.17, 15) is 9.18 Å². The number of carbonyl (C=O) groups excluding carboxylic acids is 1. The molecule has 0 saturated carbocycles. The lowest BCUT2D eigenvalue weighted by molar-refractivity contribution is 0.103. The quantitative estimate of drug-likeness (QED) is 0.698. The molecule has 104 valence electrons. The van der Waals surface area contributed by atoms with Gasteiger partial charge in [-0.2, -0.15) is 0 Å². The van der Waals surface area contributed by atoms with Gasteiger partial charge in [-0.15, -0.1) is 0 Å². The third kappa shape index (κ3) is 2.58. The van der Waals surface area contributed by atoms with Crippen molar-refractivity contribution in [3.8, 4) is 5.75 Å².